The van der Waals surface area contributed by atoms with Gasteiger partial charge in [-0.3, -0.25) is 0 Å². The van der Waals surface area contributed by atoms with Gasteiger partial charge in [0.1, 0.15) is 0 Å². The highest BCUT2D eigenvalue weighted by molar-refractivity contribution is 9.10. The third kappa shape index (κ3) is 1.46. The molecule has 0 bridgehead atoms. The van der Waals surface area contributed by atoms with Crippen molar-refractivity contribution in [1.82, 2.24) is 0 Å². The summed E-state index contributed by atoms with van der Waals surface area (Å²) in [7, 11) is 0. The van der Waals surface area contributed by atoms with Crippen LogP contribution in [0.5, 0.6) is 0 Å². The zero-order valence-electron chi connectivity index (χ0n) is 6.92. The van der Waals surface area contributed by atoms with E-state index < -0.39 is 0 Å². The molecule has 1 heteroatoms. The highest BCUT2D eigenvalue weighted by atomic mass is 79.9. The standard InChI is InChI=1S/C12H7Br/c1-2-9-6-7-11-10(8-9)4-3-5-12(11)13/h1,3-8H. The molecule has 0 fully saturated rings. The molecule has 0 unspecified atom stereocenters. The fourth-order valence-corrected chi connectivity index (χ4v) is 1.85. The molecule has 0 heterocycles. The third-order valence-corrected chi connectivity index (χ3v) is 2.69. The molecule has 0 saturated carbocycles. The van der Waals surface area contributed by atoms with Crippen LogP contribution >= 0.6 is 15.9 Å². The van der Waals surface area contributed by atoms with Gasteiger partial charge in [0.05, 0.1) is 0 Å². The molecule has 0 aliphatic carbocycles. The summed E-state index contributed by atoms with van der Waals surface area (Å²) in [6.07, 6.45) is 5.32. The van der Waals surface area contributed by atoms with Gasteiger partial charge in [-0.05, 0) is 29.0 Å². The van der Waals surface area contributed by atoms with Crippen molar-refractivity contribution in [3.8, 4) is 12.3 Å². The van der Waals surface area contributed by atoms with E-state index in [1.54, 1.807) is 0 Å². The number of fused-ring (bicyclic) bond motifs is 1. The smallest absolute Gasteiger partial charge is 0.0253 e. The lowest BCUT2D eigenvalue weighted by Gasteiger charge is -2.00. The van der Waals surface area contributed by atoms with Crippen molar-refractivity contribution in [2.24, 2.45) is 0 Å². The van der Waals surface area contributed by atoms with Crippen LogP contribution in [0.15, 0.2) is 40.9 Å². The average molecular weight is 231 g/mol. The lowest BCUT2D eigenvalue weighted by atomic mass is 10.1. The van der Waals surface area contributed by atoms with Gasteiger partial charge < -0.3 is 0 Å². The molecule has 0 radical (unpaired) electrons. The fourth-order valence-electron chi connectivity index (χ4n) is 1.33. The number of terminal acetylenes is 1. The van der Waals surface area contributed by atoms with E-state index in [2.05, 4.69) is 27.9 Å². The summed E-state index contributed by atoms with van der Waals surface area (Å²) >= 11 is 3.49. The summed E-state index contributed by atoms with van der Waals surface area (Å²) in [4.78, 5) is 0. The Kier molecular flexibility index (Phi) is 2.08. The first-order chi connectivity index (χ1) is 6.31. The predicted octanol–water partition coefficient (Wildman–Crippen LogP) is 3.58. The van der Waals surface area contributed by atoms with Crippen LogP contribution in [0.2, 0.25) is 0 Å². The number of hydrogen-bond acceptors (Lipinski definition) is 0. The van der Waals surface area contributed by atoms with E-state index in [1.807, 2.05) is 30.3 Å². The molecule has 62 valence electrons. The van der Waals surface area contributed by atoms with E-state index in [-0.39, 0.29) is 0 Å². The lowest BCUT2D eigenvalue weighted by molar-refractivity contribution is 1.67. The maximum Gasteiger partial charge on any atom is 0.0253 e. The molecule has 2 aromatic carbocycles. The maximum atomic E-state index is 5.32. The minimum atomic E-state index is 0.922. The molecule has 0 spiro atoms. The first-order valence-corrected chi connectivity index (χ1v) is 4.75. The largest absolute Gasteiger partial charge is 0.115 e. The van der Waals surface area contributed by atoms with Gasteiger partial charge in [0, 0.05) is 10.0 Å². The molecule has 2 rings (SSSR count). The Morgan fingerprint density at radius 3 is 2.77 bits per heavy atom. The second-order valence-electron chi connectivity index (χ2n) is 2.82. The Bertz CT molecular complexity index is 492. The van der Waals surface area contributed by atoms with Crippen molar-refractivity contribution in [3.05, 3.63) is 46.4 Å². The molecule has 0 nitrogen and oxygen atoms in total. The van der Waals surface area contributed by atoms with E-state index in [0.717, 1.165) is 10.0 Å². The average Bonchev–Trinajstić information content (AvgIpc) is 2.18. The molecule has 0 aliphatic heterocycles. The summed E-state index contributed by atoms with van der Waals surface area (Å²) in [6, 6.07) is 12.1. The molecule has 0 N–H and O–H groups in total. The van der Waals surface area contributed by atoms with Crippen molar-refractivity contribution < 1.29 is 0 Å². The molecule has 2 aromatic rings. The first-order valence-electron chi connectivity index (χ1n) is 3.96. The summed E-state index contributed by atoms with van der Waals surface area (Å²) in [5, 5.41) is 2.37. The summed E-state index contributed by atoms with van der Waals surface area (Å²) in [6.45, 7) is 0. The van der Waals surface area contributed by atoms with Gasteiger partial charge in [-0.2, -0.15) is 0 Å². The first kappa shape index (κ1) is 8.34. The Hall–Kier alpha value is -1.26. The minimum Gasteiger partial charge on any atom is -0.115 e. The highest BCUT2D eigenvalue weighted by Crippen LogP contribution is 2.24. The van der Waals surface area contributed by atoms with Crippen LogP contribution in [-0.4, -0.2) is 0 Å². The fraction of sp³-hybridized carbons (Fsp3) is 0. The third-order valence-electron chi connectivity index (χ3n) is 1.99. The number of benzene rings is 2. The van der Waals surface area contributed by atoms with Crippen LogP contribution in [0.4, 0.5) is 0 Å². The molecule has 0 atom stereocenters. The Morgan fingerprint density at radius 1 is 1.15 bits per heavy atom. The molecular weight excluding hydrogens is 224 g/mol. The number of rotatable bonds is 0. The zero-order valence-corrected chi connectivity index (χ0v) is 8.51. The molecule has 0 saturated heterocycles. The van der Waals surface area contributed by atoms with Crippen molar-refractivity contribution in [1.29, 1.82) is 0 Å². The van der Waals surface area contributed by atoms with Crippen molar-refractivity contribution >= 4 is 26.7 Å². The van der Waals surface area contributed by atoms with Crippen LogP contribution < -0.4 is 0 Å². The van der Waals surface area contributed by atoms with Crippen molar-refractivity contribution in [3.63, 3.8) is 0 Å². The number of hydrogen-bond donors (Lipinski definition) is 0. The van der Waals surface area contributed by atoms with E-state index in [4.69, 9.17) is 6.42 Å². The lowest BCUT2D eigenvalue weighted by Crippen LogP contribution is -1.77. The van der Waals surface area contributed by atoms with Gasteiger partial charge >= 0.3 is 0 Å². The Balaban J connectivity index is 2.82. The van der Waals surface area contributed by atoms with E-state index in [9.17, 15) is 0 Å². The highest BCUT2D eigenvalue weighted by Gasteiger charge is 1.97. The quantitative estimate of drug-likeness (QED) is 0.608. The molecule has 13 heavy (non-hydrogen) atoms. The maximum absolute atomic E-state index is 5.32. The van der Waals surface area contributed by atoms with Crippen LogP contribution in [-0.2, 0) is 0 Å². The topological polar surface area (TPSA) is 0 Å². The van der Waals surface area contributed by atoms with Crippen LogP contribution in [0.25, 0.3) is 10.8 Å². The van der Waals surface area contributed by atoms with Gasteiger partial charge in [-0.25, -0.2) is 0 Å². The predicted molar refractivity (Wildman–Crippen MR) is 59.6 cm³/mol. The SMILES string of the molecule is C#Cc1ccc2c(Br)cccc2c1. The van der Waals surface area contributed by atoms with Gasteiger partial charge in [-0.1, -0.05) is 40.0 Å². The molecular formula is C12H7Br. The molecule has 0 amide bonds. The van der Waals surface area contributed by atoms with E-state index in [0.29, 0.717) is 0 Å². The van der Waals surface area contributed by atoms with E-state index >= 15 is 0 Å². The second-order valence-corrected chi connectivity index (χ2v) is 3.67. The zero-order chi connectivity index (χ0) is 9.26. The van der Waals surface area contributed by atoms with Crippen LogP contribution in [0.1, 0.15) is 5.56 Å². The minimum absolute atomic E-state index is 0.922. The van der Waals surface area contributed by atoms with Gasteiger partial charge in [0.15, 0.2) is 0 Å². The summed E-state index contributed by atoms with van der Waals surface area (Å²) < 4.78 is 1.11. The molecule has 0 aromatic heterocycles. The van der Waals surface area contributed by atoms with Gasteiger partial charge in [0.25, 0.3) is 0 Å². The van der Waals surface area contributed by atoms with Crippen LogP contribution in [0, 0.1) is 12.3 Å². The van der Waals surface area contributed by atoms with Crippen LogP contribution in [0.3, 0.4) is 0 Å². The summed E-state index contributed by atoms with van der Waals surface area (Å²) in [5.41, 5.74) is 0.922. The summed E-state index contributed by atoms with van der Waals surface area (Å²) in [5.74, 6) is 2.62. The Labute approximate surface area is 85.7 Å². The van der Waals surface area contributed by atoms with Crippen molar-refractivity contribution in [2.75, 3.05) is 0 Å². The second kappa shape index (κ2) is 3.24. The van der Waals surface area contributed by atoms with E-state index in [1.165, 1.54) is 10.8 Å². The Morgan fingerprint density at radius 2 is 2.00 bits per heavy atom. The van der Waals surface area contributed by atoms with Gasteiger partial charge in [0.2, 0.25) is 0 Å². The molecule has 0 aliphatic rings. The monoisotopic (exact) mass is 230 g/mol. The van der Waals surface area contributed by atoms with Gasteiger partial charge in [-0.15, -0.1) is 6.42 Å². The number of halogens is 1. The normalized spacial score (nSPS) is 9.85. The van der Waals surface area contributed by atoms with Crippen molar-refractivity contribution in [2.45, 2.75) is 0 Å².